The fourth-order valence-corrected chi connectivity index (χ4v) is 5.14. The zero-order valence-corrected chi connectivity index (χ0v) is 12.8. The lowest BCUT2D eigenvalue weighted by molar-refractivity contribution is -0.0230. The third kappa shape index (κ3) is 3.33. The highest BCUT2D eigenvalue weighted by molar-refractivity contribution is 5.06. The van der Waals surface area contributed by atoms with Crippen molar-refractivity contribution in [2.24, 2.45) is 23.7 Å². The Morgan fingerprint density at radius 1 is 1.00 bits per heavy atom. The molecule has 4 saturated carbocycles. The number of rotatable bonds is 7. The van der Waals surface area contributed by atoms with Crippen LogP contribution in [0.4, 0.5) is 0 Å². The first kappa shape index (κ1) is 13.9. The van der Waals surface area contributed by atoms with Gasteiger partial charge in [0.1, 0.15) is 0 Å². The Morgan fingerprint density at radius 2 is 1.58 bits per heavy atom. The Hall–Kier alpha value is -0.0800. The minimum absolute atomic E-state index is 0.510. The van der Waals surface area contributed by atoms with Gasteiger partial charge in [-0.2, -0.15) is 0 Å². The van der Waals surface area contributed by atoms with E-state index in [-0.39, 0.29) is 0 Å². The molecule has 4 aliphatic rings. The molecule has 4 bridgehead atoms. The minimum Gasteiger partial charge on any atom is -0.380 e. The summed E-state index contributed by atoms with van der Waals surface area (Å²) in [7, 11) is 0. The summed E-state index contributed by atoms with van der Waals surface area (Å²) in [6, 6.07) is 0. The molecule has 0 aromatic heterocycles. The Kier molecular flexibility index (Phi) is 4.19. The number of ether oxygens (including phenoxy) is 1. The monoisotopic (exact) mass is 265 g/mol. The number of hydrogen-bond donors (Lipinski definition) is 1. The third-order valence-corrected chi connectivity index (χ3v) is 5.62. The van der Waals surface area contributed by atoms with Crippen LogP contribution in [-0.2, 0) is 4.74 Å². The van der Waals surface area contributed by atoms with Crippen LogP contribution < -0.4 is 5.32 Å². The molecule has 0 spiro atoms. The summed E-state index contributed by atoms with van der Waals surface area (Å²) in [6.45, 7) is 7.41. The highest BCUT2D eigenvalue weighted by Gasteiger charge is 2.50. The SMILES string of the molecule is CC(C)CCOCCNC12CC3CC(CC(C3)C1)C2. The molecule has 0 aromatic rings. The molecule has 2 nitrogen and oxygen atoms in total. The van der Waals surface area contributed by atoms with E-state index in [9.17, 15) is 0 Å². The standard InChI is InChI=1S/C17H31NO/c1-13(2)3-5-19-6-4-18-17-10-14-7-15(11-17)9-16(8-14)12-17/h13-16,18H,3-12H2,1-2H3. The smallest absolute Gasteiger partial charge is 0.0591 e. The minimum atomic E-state index is 0.510. The maximum Gasteiger partial charge on any atom is 0.0591 e. The molecule has 0 aliphatic heterocycles. The van der Waals surface area contributed by atoms with Gasteiger partial charge in [-0.1, -0.05) is 13.8 Å². The molecule has 1 N–H and O–H groups in total. The van der Waals surface area contributed by atoms with Crippen molar-refractivity contribution in [3.05, 3.63) is 0 Å². The van der Waals surface area contributed by atoms with Gasteiger partial charge >= 0.3 is 0 Å². The second kappa shape index (κ2) is 5.73. The van der Waals surface area contributed by atoms with Gasteiger partial charge in [-0.25, -0.2) is 0 Å². The van der Waals surface area contributed by atoms with Gasteiger partial charge in [0, 0.05) is 18.7 Å². The Labute approximate surface area is 118 Å². The van der Waals surface area contributed by atoms with E-state index < -0.39 is 0 Å². The van der Waals surface area contributed by atoms with Crippen LogP contribution in [0.1, 0.15) is 58.8 Å². The summed E-state index contributed by atoms with van der Waals surface area (Å²) in [6.07, 6.45) is 10.1. The van der Waals surface area contributed by atoms with Gasteiger partial charge in [0.05, 0.1) is 6.61 Å². The molecule has 4 aliphatic carbocycles. The van der Waals surface area contributed by atoms with Crippen molar-refractivity contribution >= 4 is 0 Å². The first-order valence-electron chi connectivity index (χ1n) is 8.48. The second-order valence-corrected chi connectivity index (χ2v) is 7.92. The van der Waals surface area contributed by atoms with Gasteiger partial charge in [-0.3, -0.25) is 0 Å². The highest BCUT2D eigenvalue weighted by Crippen LogP contribution is 2.55. The van der Waals surface area contributed by atoms with E-state index in [1.807, 2.05) is 0 Å². The van der Waals surface area contributed by atoms with E-state index in [1.54, 1.807) is 0 Å². The van der Waals surface area contributed by atoms with Crippen molar-refractivity contribution < 1.29 is 4.74 Å². The lowest BCUT2D eigenvalue weighted by Gasteiger charge is -2.57. The van der Waals surface area contributed by atoms with Gasteiger partial charge in [0.25, 0.3) is 0 Å². The van der Waals surface area contributed by atoms with Crippen molar-refractivity contribution in [2.75, 3.05) is 19.8 Å². The van der Waals surface area contributed by atoms with E-state index in [4.69, 9.17) is 4.74 Å². The molecule has 2 heteroatoms. The summed E-state index contributed by atoms with van der Waals surface area (Å²) < 4.78 is 5.75. The largest absolute Gasteiger partial charge is 0.380 e. The van der Waals surface area contributed by atoms with Crippen LogP contribution in [0, 0.1) is 23.7 Å². The van der Waals surface area contributed by atoms with Crippen LogP contribution in [0.25, 0.3) is 0 Å². The zero-order chi connectivity index (χ0) is 13.3. The fraction of sp³-hybridized carbons (Fsp3) is 1.00. The molecule has 19 heavy (non-hydrogen) atoms. The van der Waals surface area contributed by atoms with Gasteiger partial charge in [-0.05, 0) is 68.6 Å². The molecular weight excluding hydrogens is 234 g/mol. The highest BCUT2D eigenvalue weighted by atomic mass is 16.5. The molecule has 0 atom stereocenters. The average molecular weight is 265 g/mol. The van der Waals surface area contributed by atoms with Gasteiger partial charge in [0.2, 0.25) is 0 Å². The lowest BCUT2D eigenvalue weighted by atomic mass is 9.53. The first-order valence-corrected chi connectivity index (χ1v) is 8.48. The van der Waals surface area contributed by atoms with Gasteiger partial charge in [-0.15, -0.1) is 0 Å². The molecule has 110 valence electrons. The van der Waals surface area contributed by atoms with E-state index in [0.717, 1.165) is 43.4 Å². The lowest BCUT2D eigenvalue weighted by Crippen LogP contribution is -2.58. The molecule has 4 fully saturated rings. The molecule has 0 aromatic carbocycles. The Balaban J connectivity index is 1.38. The average Bonchev–Trinajstić information content (AvgIpc) is 2.31. The van der Waals surface area contributed by atoms with Crippen LogP contribution in [0.2, 0.25) is 0 Å². The molecule has 4 rings (SSSR count). The molecule has 0 saturated heterocycles. The molecule has 0 unspecified atom stereocenters. The summed E-state index contributed by atoms with van der Waals surface area (Å²) >= 11 is 0. The number of hydrogen-bond acceptors (Lipinski definition) is 2. The predicted octanol–water partition coefficient (Wildman–Crippen LogP) is 3.61. The maximum absolute atomic E-state index is 5.75. The molecule has 0 heterocycles. The molecule has 0 radical (unpaired) electrons. The quantitative estimate of drug-likeness (QED) is 0.710. The van der Waals surface area contributed by atoms with Crippen molar-refractivity contribution in [2.45, 2.75) is 64.3 Å². The molecular formula is C17H31NO. The van der Waals surface area contributed by atoms with Crippen molar-refractivity contribution in [3.8, 4) is 0 Å². The Bertz CT molecular complexity index is 264. The first-order chi connectivity index (χ1) is 9.15. The third-order valence-electron chi connectivity index (χ3n) is 5.62. The van der Waals surface area contributed by atoms with Crippen LogP contribution in [0.15, 0.2) is 0 Å². The molecule has 0 amide bonds. The van der Waals surface area contributed by atoms with E-state index >= 15 is 0 Å². The topological polar surface area (TPSA) is 21.3 Å². The zero-order valence-electron chi connectivity index (χ0n) is 12.8. The van der Waals surface area contributed by atoms with Crippen LogP contribution >= 0.6 is 0 Å². The summed E-state index contributed by atoms with van der Waals surface area (Å²) in [5.41, 5.74) is 0.510. The van der Waals surface area contributed by atoms with E-state index in [0.29, 0.717) is 5.54 Å². The summed E-state index contributed by atoms with van der Waals surface area (Å²) in [5.74, 6) is 3.89. The van der Waals surface area contributed by atoms with Crippen LogP contribution in [0.3, 0.4) is 0 Å². The normalized spacial score (nSPS) is 40.3. The van der Waals surface area contributed by atoms with Gasteiger partial charge < -0.3 is 10.1 Å². The summed E-state index contributed by atoms with van der Waals surface area (Å²) in [5, 5.41) is 3.89. The number of nitrogens with one attached hydrogen (secondary N) is 1. The fourth-order valence-electron chi connectivity index (χ4n) is 5.14. The van der Waals surface area contributed by atoms with Crippen molar-refractivity contribution in [1.29, 1.82) is 0 Å². The van der Waals surface area contributed by atoms with Crippen LogP contribution in [0.5, 0.6) is 0 Å². The van der Waals surface area contributed by atoms with Crippen LogP contribution in [-0.4, -0.2) is 25.3 Å². The Morgan fingerprint density at radius 3 is 2.11 bits per heavy atom. The predicted molar refractivity (Wildman–Crippen MR) is 79.2 cm³/mol. The summed E-state index contributed by atoms with van der Waals surface area (Å²) in [4.78, 5) is 0. The maximum atomic E-state index is 5.75. The van der Waals surface area contributed by atoms with Gasteiger partial charge in [0.15, 0.2) is 0 Å². The van der Waals surface area contributed by atoms with E-state index in [1.165, 1.54) is 44.9 Å². The van der Waals surface area contributed by atoms with Crippen molar-refractivity contribution in [1.82, 2.24) is 5.32 Å². The van der Waals surface area contributed by atoms with Crippen molar-refractivity contribution in [3.63, 3.8) is 0 Å². The van der Waals surface area contributed by atoms with E-state index in [2.05, 4.69) is 19.2 Å². The second-order valence-electron chi connectivity index (χ2n) is 7.92.